The van der Waals surface area contributed by atoms with Gasteiger partial charge in [0, 0.05) is 11.6 Å². The first-order valence-corrected chi connectivity index (χ1v) is 7.31. The highest BCUT2D eigenvalue weighted by Crippen LogP contribution is 2.20. The molecule has 0 aliphatic carbocycles. The van der Waals surface area contributed by atoms with Crippen LogP contribution in [-0.4, -0.2) is 29.4 Å². The zero-order chi connectivity index (χ0) is 14.4. The van der Waals surface area contributed by atoms with Gasteiger partial charge in [0.2, 0.25) is 0 Å². The maximum absolute atomic E-state index is 4.66. The number of fused-ring (bicyclic) bond motifs is 3. The summed E-state index contributed by atoms with van der Waals surface area (Å²) in [6, 6.07) is 7.87. The Labute approximate surface area is 128 Å². The molecule has 0 aliphatic heterocycles. The lowest BCUT2D eigenvalue weighted by Crippen LogP contribution is -2.09. The normalized spacial score (nSPS) is 13.0. The van der Waals surface area contributed by atoms with E-state index in [2.05, 4.69) is 36.1 Å². The third kappa shape index (κ3) is 2.01. The van der Waals surface area contributed by atoms with Crippen molar-refractivity contribution in [1.29, 1.82) is 0 Å². The van der Waals surface area contributed by atoms with E-state index in [-0.39, 0.29) is 6.04 Å². The highest BCUT2D eigenvalue weighted by molar-refractivity contribution is 9.10. The second-order valence-corrected chi connectivity index (χ2v) is 5.73. The van der Waals surface area contributed by atoms with Crippen LogP contribution in [-0.2, 0) is 0 Å². The average Bonchev–Trinajstić information content (AvgIpc) is 3.12. The number of benzene rings is 1. The summed E-state index contributed by atoms with van der Waals surface area (Å²) in [4.78, 5) is 9.05. The number of hydrogen-bond donors (Lipinski definition) is 0. The third-order valence-electron chi connectivity index (χ3n) is 3.44. The lowest BCUT2D eigenvalue weighted by Gasteiger charge is -2.06. The third-order valence-corrected chi connectivity index (χ3v) is 3.85. The minimum atomic E-state index is -0.0463. The molecule has 0 fully saturated rings. The van der Waals surface area contributed by atoms with Gasteiger partial charge < -0.3 is 0 Å². The number of aromatic nitrogens is 6. The molecule has 0 aliphatic rings. The molecule has 4 aromatic rings. The summed E-state index contributed by atoms with van der Waals surface area (Å²) in [5.74, 6) is 0.712. The average molecular weight is 343 g/mol. The molecule has 1 aromatic carbocycles. The van der Waals surface area contributed by atoms with Crippen molar-refractivity contribution in [2.75, 3.05) is 0 Å². The van der Waals surface area contributed by atoms with Gasteiger partial charge in [-0.15, -0.1) is 5.10 Å². The lowest BCUT2D eigenvalue weighted by atomic mass is 10.2. The summed E-state index contributed by atoms with van der Waals surface area (Å²) in [5.41, 5.74) is 1.73. The molecule has 0 amide bonds. The van der Waals surface area contributed by atoms with Crippen molar-refractivity contribution >= 4 is 32.5 Å². The van der Waals surface area contributed by atoms with Gasteiger partial charge >= 0.3 is 0 Å². The number of halogens is 1. The molecule has 3 aromatic heterocycles. The molecule has 0 unspecified atom stereocenters. The van der Waals surface area contributed by atoms with Gasteiger partial charge in [-0.05, 0) is 35.0 Å². The molecule has 0 bridgehead atoms. The highest BCUT2D eigenvalue weighted by atomic mass is 79.9. The Balaban J connectivity index is 1.88. The van der Waals surface area contributed by atoms with Crippen molar-refractivity contribution in [2.45, 2.75) is 13.0 Å². The molecule has 0 N–H and O–H groups in total. The van der Waals surface area contributed by atoms with E-state index in [1.54, 1.807) is 17.0 Å². The summed E-state index contributed by atoms with van der Waals surface area (Å²) in [5, 5.41) is 9.80. The molecule has 0 radical (unpaired) electrons. The minimum Gasteiger partial charge on any atom is -0.261 e. The van der Waals surface area contributed by atoms with Crippen molar-refractivity contribution in [1.82, 2.24) is 29.4 Å². The number of para-hydroxylation sites is 1. The van der Waals surface area contributed by atoms with Crippen LogP contribution in [0.3, 0.4) is 0 Å². The van der Waals surface area contributed by atoms with Crippen molar-refractivity contribution in [3.63, 3.8) is 0 Å². The Bertz CT molecular complexity index is 941. The monoisotopic (exact) mass is 342 g/mol. The Morgan fingerprint density at radius 2 is 2.10 bits per heavy atom. The summed E-state index contributed by atoms with van der Waals surface area (Å²) >= 11 is 3.40. The predicted octanol–water partition coefficient (Wildman–Crippen LogP) is 2.85. The SMILES string of the molecule is C[C@@H](c1nc2c3ccccc3ncn2n1)n1cc(Br)cn1. The first kappa shape index (κ1) is 12.5. The van der Waals surface area contributed by atoms with Gasteiger partial charge in [0.1, 0.15) is 12.4 Å². The zero-order valence-corrected chi connectivity index (χ0v) is 12.8. The van der Waals surface area contributed by atoms with E-state index in [4.69, 9.17) is 0 Å². The zero-order valence-electron chi connectivity index (χ0n) is 11.2. The van der Waals surface area contributed by atoms with Gasteiger partial charge in [-0.1, -0.05) is 12.1 Å². The van der Waals surface area contributed by atoms with Crippen LogP contribution in [0.25, 0.3) is 16.6 Å². The minimum absolute atomic E-state index is 0.0463. The van der Waals surface area contributed by atoms with Crippen molar-refractivity contribution in [3.8, 4) is 0 Å². The van der Waals surface area contributed by atoms with Gasteiger partial charge in [-0.3, -0.25) is 4.68 Å². The summed E-state index contributed by atoms with van der Waals surface area (Å²) in [6.45, 7) is 2.02. The van der Waals surface area contributed by atoms with Crippen molar-refractivity contribution < 1.29 is 0 Å². The van der Waals surface area contributed by atoms with Crippen LogP contribution in [0.1, 0.15) is 18.8 Å². The van der Waals surface area contributed by atoms with Crippen LogP contribution in [0.15, 0.2) is 47.5 Å². The Hall–Kier alpha value is -2.28. The van der Waals surface area contributed by atoms with E-state index >= 15 is 0 Å². The molecule has 21 heavy (non-hydrogen) atoms. The molecule has 6 nitrogen and oxygen atoms in total. The molecular formula is C14H11BrN6. The van der Waals surface area contributed by atoms with Crippen LogP contribution >= 0.6 is 15.9 Å². The number of rotatable bonds is 2. The molecule has 0 saturated carbocycles. The Morgan fingerprint density at radius 3 is 2.90 bits per heavy atom. The molecule has 7 heteroatoms. The maximum atomic E-state index is 4.66. The molecular weight excluding hydrogens is 332 g/mol. The van der Waals surface area contributed by atoms with Crippen LogP contribution < -0.4 is 0 Å². The van der Waals surface area contributed by atoms with Crippen molar-refractivity contribution in [2.24, 2.45) is 0 Å². The predicted molar refractivity (Wildman–Crippen MR) is 82.0 cm³/mol. The lowest BCUT2D eigenvalue weighted by molar-refractivity contribution is 0.536. The number of hydrogen-bond acceptors (Lipinski definition) is 4. The van der Waals surface area contributed by atoms with Crippen LogP contribution in [0, 0.1) is 0 Å². The largest absolute Gasteiger partial charge is 0.261 e. The van der Waals surface area contributed by atoms with E-state index in [9.17, 15) is 0 Å². The van der Waals surface area contributed by atoms with Gasteiger partial charge in [-0.2, -0.15) is 5.10 Å². The first-order chi connectivity index (χ1) is 10.2. The van der Waals surface area contributed by atoms with Crippen LogP contribution in [0.5, 0.6) is 0 Å². The molecule has 1 atom stereocenters. The van der Waals surface area contributed by atoms with Gasteiger partial charge in [0.05, 0.1) is 16.2 Å². The first-order valence-electron chi connectivity index (χ1n) is 6.52. The molecule has 0 spiro atoms. The number of nitrogens with zero attached hydrogens (tertiary/aromatic N) is 6. The Morgan fingerprint density at radius 1 is 1.24 bits per heavy atom. The topological polar surface area (TPSA) is 60.9 Å². The second-order valence-electron chi connectivity index (χ2n) is 4.81. The molecule has 0 saturated heterocycles. The molecule has 104 valence electrons. The second kappa shape index (κ2) is 4.63. The van der Waals surface area contributed by atoms with Crippen LogP contribution in [0.4, 0.5) is 0 Å². The summed E-state index contributed by atoms with van der Waals surface area (Å²) in [6.07, 6.45) is 5.36. The summed E-state index contributed by atoms with van der Waals surface area (Å²) < 4.78 is 4.48. The van der Waals surface area contributed by atoms with E-state index in [1.165, 1.54) is 0 Å². The van der Waals surface area contributed by atoms with Gasteiger partial charge in [0.15, 0.2) is 11.5 Å². The van der Waals surface area contributed by atoms with E-state index in [0.717, 1.165) is 21.0 Å². The standard InChI is InChI=1S/C14H11BrN6/c1-9(20-7-10(15)6-17-20)13-18-14-11-4-2-3-5-12(11)16-8-21(14)19-13/h2-9H,1H3/t9-/m0/s1. The van der Waals surface area contributed by atoms with Gasteiger partial charge in [-0.25, -0.2) is 14.5 Å². The summed E-state index contributed by atoms with van der Waals surface area (Å²) in [7, 11) is 0. The fourth-order valence-corrected chi connectivity index (χ4v) is 2.62. The van der Waals surface area contributed by atoms with E-state index in [1.807, 2.05) is 42.1 Å². The highest BCUT2D eigenvalue weighted by Gasteiger charge is 2.16. The van der Waals surface area contributed by atoms with Crippen molar-refractivity contribution in [3.05, 3.63) is 53.3 Å². The molecule has 4 rings (SSSR count). The quantitative estimate of drug-likeness (QED) is 0.562. The fourth-order valence-electron chi connectivity index (χ4n) is 2.32. The van der Waals surface area contributed by atoms with Crippen LogP contribution in [0.2, 0.25) is 0 Å². The van der Waals surface area contributed by atoms with E-state index in [0.29, 0.717) is 5.82 Å². The Kier molecular flexibility index (Phi) is 2.75. The molecule has 3 heterocycles. The maximum Gasteiger partial charge on any atom is 0.176 e. The van der Waals surface area contributed by atoms with E-state index < -0.39 is 0 Å². The smallest absolute Gasteiger partial charge is 0.176 e. The fraction of sp³-hybridized carbons (Fsp3) is 0.143. The van der Waals surface area contributed by atoms with Gasteiger partial charge in [0.25, 0.3) is 0 Å².